The summed E-state index contributed by atoms with van der Waals surface area (Å²) >= 11 is 1.40. The lowest BCUT2D eigenvalue weighted by Crippen LogP contribution is -2.36. The number of nitrogens with zero attached hydrogens (tertiary/aromatic N) is 1. The van der Waals surface area contributed by atoms with E-state index in [-0.39, 0.29) is 11.8 Å². The maximum atomic E-state index is 11.9. The fourth-order valence-corrected chi connectivity index (χ4v) is 2.74. The van der Waals surface area contributed by atoms with Gasteiger partial charge in [-0.2, -0.15) is 0 Å². The van der Waals surface area contributed by atoms with Crippen LogP contribution in [0, 0.1) is 0 Å². The summed E-state index contributed by atoms with van der Waals surface area (Å²) in [5, 5.41) is 4.69. The van der Waals surface area contributed by atoms with Gasteiger partial charge in [0.1, 0.15) is 5.75 Å². The smallest absolute Gasteiger partial charge is 0.261 e. The molecule has 122 valence electrons. The quantitative estimate of drug-likeness (QED) is 0.848. The highest BCUT2D eigenvalue weighted by atomic mass is 32.1. The second-order valence-electron chi connectivity index (χ2n) is 5.02. The molecule has 0 unspecified atom stereocenters. The maximum absolute atomic E-state index is 11.9. The summed E-state index contributed by atoms with van der Waals surface area (Å²) in [5.41, 5.74) is 1.02. The van der Waals surface area contributed by atoms with E-state index in [4.69, 9.17) is 4.74 Å². The van der Waals surface area contributed by atoms with Crippen LogP contribution in [0.15, 0.2) is 41.8 Å². The maximum Gasteiger partial charge on any atom is 0.261 e. The van der Waals surface area contributed by atoms with Gasteiger partial charge < -0.3 is 15.0 Å². The van der Waals surface area contributed by atoms with Crippen LogP contribution in [0.3, 0.4) is 0 Å². The second-order valence-corrected chi connectivity index (χ2v) is 5.97. The Morgan fingerprint density at radius 3 is 2.52 bits per heavy atom. The first-order valence-electron chi connectivity index (χ1n) is 7.30. The van der Waals surface area contributed by atoms with E-state index in [0.717, 1.165) is 11.3 Å². The van der Waals surface area contributed by atoms with Gasteiger partial charge in [-0.1, -0.05) is 18.2 Å². The van der Waals surface area contributed by atoms with Crippen molar-refractivity contribution in [2.45, 2.75) is 13.5 Å². The predicted molar refractivity (Wildman–Crippen MR) is 90.7 cm³/mol. The Balaban J connectivity index is 1.86. The largest absolute Gasteiger partial charge is 0.497 e. The fourth-order valence-electron chi connectivity index (χ4n) is 2.10. The first kappa shape index (κ1) is 17.0. The van der Waals surface area contributed by atoms with Gasteiger partial charge in [0.05, 0.1) is 12.0 Å². The molecule has 0 radical (unpaired) electrons. The van der Waals surface area contributed by atoms with E-state index < -0.39 is 0 Å². The van der Waals surface area contributed by atoms with Crippen LogP contribution in [-0.2, 0) is 11.3 Å². The molecule has 2 rings (SSSR count). The number of methoxy groups -OCH3 is 1. The lowest BCUT2D eigenvalue weighted by molar-refractivity contribution is -0.129. The van der Waals surface area contributed by atoms with Gasteiger partial charge in [0.25, 0.3) is 5.91 Å². The SMILES string of the molecule is COc1ccc(CN(CCNC(=O)c2cccs2)C(C)=O)cc1. The van der Waals surface area contributed by atoms with E-state index in [2.05, 4.69) is 5.32 Å². The molecule has 0 saturated carbocycles. The van der Waals surface area contributed by atoms with Crippen LogP contribution >= 0.6 is 11.3 Å². The minimum absolute atomic E-state index is 0.0220. The molecule has 1 aromatic carbocycles. The van der Waals surface area contributed by atoms with Crippen LogP contribution in [0.4, 0.5) is 0 Å². The van der Waals surface area contributed by atoms with E-state index in [0.29, 0.717) is 24.5 Å². The number of hydrogen-bond acceptors (Lipinski definition) is 4. The molecule has 0 aliphatic heterocycles. The molecule has 0 aliphatic rings. The fraction of sp³-hybridized carbons (Fsp3) is 0.294. The van der Waals surface area contributed by atoms with Crippen LogP contribution < -0.4 is 10.1 Å². The van der Waals surface area contributed by atoms with Gasteiger partial charge in [0, 0.05) is 26.6 Å². The van der Waals surface area contributed by atoms with Crippen molar-refractivity contribution in [3.8, 4) is 5.75 Å². The Morgan fingerprint density at radius 2 is 1.96 bits per heavy atom. The minimum Gasteiger partial charge on any atom is -0.497 e. The standard InChI is InChI=1S/C17H20N2O3S/c1-13(20)19(12-14-5-7-15(22-2)8-6-14)10-9-18-17(21)16-4-3-11-23-16/h3-8,11H,9-10,12H2,1-2H3,(H,18,21). The molecule has 0 atom stereocenters. The third-order valence-corrected chi connectivity index (χ3v) is 4.26. The van der Waals surface area contributed by atoms with Crippen molar-refractivity contribution >= 4 is 23.2 Å². The highest BCUT2D eigenvalue weighted by molar-refractivity contribution is 7.12. The molecular formula is C17H20N2O3S. The third-order valence-electron chi connectivity index (χ3n) is 3.39. The molecule has 1 aromatic heterocycles. The summed E-state index contributed by atoms with van der Waals surface area (Å²) in [6.45, 7) is 2.93. The molecular weight excluding hydrogens is 312 g/mol. The van der Waals surface area contributed by atoms with Crippen molar-refractivity contribution in [3.63, 3.8) is 0 Å². The zero-order valence-corrected chi connectivity index (χ0v) is 14.1. The van der Waals surface area contributed by atoms with Crippen molar-refractivity contribution in [1.82, 2.24) is 10.2 Å². The van der Waals surface area contributed by atoms with Gasteiger partial charge in [0.15, 0.2) is 0 Å². The average Bonchev–Trinajstić information content (AvgIpc) is 3.09. The van der Waals surface area contributed by atoms with Gasteiger partial charge in [0.2, 0.25) is 5.91 Å². The molecule has 1 heterocycles. The van der Waals surface area contributed by atoms with Gasteiger partial charge in [-0.3, -0.25) is 9.59 Å². The monoisotopic (exact) mass is 332 g/mol. The summed E-state index contributed by atoms with van der Waals surface area (Å²) in [7, 11) is 1.62. The third kappa shape index (κ3) is 5.10. The molecule has 0 fully saturated rings. The highest BCUT2D eigenvalue weighted by Crippen LogP contribution is 2.13. The summed E-state index contributed by atoms with van der Waals surface area (Å²) in [6.07, 6.45) is 0. The summed E-state index contributed by atoms with van der Waals surface area (Å²) in [4.78, 5) is 26.0. The molecule has 23 heavy (non-hydrogen) atoms. The van der Waals surface area contributed by atoms with Crippen molar-refractivity contribution < 1.29 is 14.3 Å². The number of benzene rings is 1. The van der Waals surface area contributed by atoms with E-state index >= 15 is 0 Å². The first-order valence-corrected chi connectivity index (χ1v) is 8.18. The zero-order chi connectivity index (χ0) is 16.7. The molecule has 6 heteroatoms. The van der Waals surface area contributed by atoms with E-state index in [1.807, 2.05) is 35.7 Å². The topological polar surface area (TPSA) is 58.6 Å². The second kappa shape index (κ2) is 8.33. The molecule has 0 spiro atoms. The Morgan fingerprint density at radius 1 is 1.22 bits per heavy atom. The Bertz CT molecular complexity index is 638. The van der Waals surface area contributed by atoms with Crippen molar-refractivity contribution in [2.24, 2.45) is 0 Å². The number of amides is 2. The lowest BCUT2D eigenvalue weighted by atomic mass is 10.2. The number of carbonyl (C=O) groups excluding carboxylic acids is 2. The van der Waals surface area contributed by atoms with Gasteiger partial charge in [-0.05, 0) is 29.1 Å². The van der Waals surface area contributed by atoms with Gasteiger partial charge >= 0.3 is 0 Å². The Kier molecular flexibility index (Phi) is 6.17. The normalized spacial score (nSPS) is 10.2. The van der Waals surface area contributed by atoms with Crippen LogP contribution in [0.5, 0.6) is 5.75 Å². The predicted octanol–water partition coefficient (Wildman–Crippen LogP) is 2.54. The minimum atomic E-state index is -0.104. The van der Waals surface area contributed by atoms with Crippen molar-refractivity contribution in [3.05, 3.63) is 52.2 Å². The number of carbonyl (C=O) groups is 2. The van der Waals surface area contributed by atoms with E-state index in [9.17, 15) is 9.59 Å². The van der Waals surface area contributed by atoms with E-state index in [1.165, 1.54) is 18.3 Å². The number of hydrogen-bond donors (Lipinski definition) is 1. The van der Waals surface area contributed by atoms with Crippen LogP contribution in [0.25, 0.3) is 0 Å². The molecule has 2 amide bonds. The summed E-state index contributed by atoms with van der Waals surface area (Å²) in [5.74, 6) is 0.658. The number of rotatable bonds is 7. The number of nitrogens with one attached hydrogen (secondary N) is 1. The number of thiophene rings is 1. The molecule has 2 aromatic rings. The molecule has 0 aliphatic carbocycles. The molecule has 1 N–H and O–H groups in total. The first-order chi connectivity index (χ1) is 11.1. The van der Waals surface area contributed by atoms with E-state index in [1.54, 1.807) is 18.1 Å². The van der Waals surface area contributed by atoms with Crippen LogP contribution in [0.1, 0.15) is 22.2 Å². The Labute approximate surface area is 139 Å². The Hall–Kier alpha value is -2.34. The zero-order valence-electron chi connectivity index (χ0n) is 13.2. The summed E-state index contributed by atoms with van der Waals surface area (Å²) < 4.78 is 5.12. The molecule has 0 saturated heterocycles. The van der Waals surface area contributed by atoms with Crippen LogP contribution in [0.2, 0.25) is 0 Å². The van der Waals surface area contributed by atoms with Crippen molar-refractivity contribution in [1.29, 1.82) is 0 Å². The summed E-state index contributed by atoms with van der Waals surface area (Å²) in [6, 6.07) is 11.2. The lowest BCUT2D eigenvalue weighted by Gasteiger charge is -2.21. The average molecular weight is 332 g/mol. The van der Waals surface area contributed by atoms with Crippen molar-refractivity contribution in [2.75, 3.05) is 20.2 Å². The molecule has 5 nitrogen and oxygen atoms in total. The van der Waals surface area contributed by atoms with Gasteiger partial charge in [-0.15, -0.1) is 11.3 Å². The molecule has 0 bridgehead atoms. The van der Waals surface area contributed by atoms with Gasteiger partial charge in [-0.25, -0.2) is 0 Å². The van der Waals surface area contributed by atoms with Crippen LogP contribution in [-0.4, -0.2) is 36.9 Å². The highest BCUT2D eigenvalue weighted by Gasteiger charge is 2.11. The number of ether oxygens (including phenoxy) is 1.